The summed E-state index contributed by atoms with van der Waals surface area (Å²) in [5, 5.41) is 12.3. The number of benzene rings is 1. The first kappa shape index (κ1) is 14.3. The minimum Gasteiger partial charge on any atom is -0.408 e. The third-order valence-corrected chi connectivity index (χ3v) is 3.24. The minimum absolute atomic E-state index is 0.0235. The highest BCUT2D eigenvalue weighted by molar-refractivity contribution is 5.93. The molecule has 1 unspecified atom stereocenters. The van der Waals surface area contributed by atoms with E-state index in [0.29, 0.717) is 16.8 Å². The zero-order valence-corrected chi connectivity index (χ0v) is 11.7. The predicted molar refractivity (Wildman–Crippen MR) is 75.5 cm³/mol. The molecule has 2 N–H and O–H groups in total. The second-order valence-electron chi connectivity index (χ2n) is 5.17. The van der Waals surface area contributed by atoms with Crippen molar-refractivity contribution in [3.63, 3.8) is 0 Å². The normalized spacial score (nSPS) is 12.8. The van der Waals surface area contributed by atoms with E-state index in [1.54, 1.807) is 25.2 Å². The molecule has 1 amide bonds. The fourth-order valence-corrected chi connectivity index (χ4v) is 1.85. The van der Waals surface area contributed by atoms with E-state index in [1.165, 1.54) is 4.57 Å². The number of carbonyl (C=O) groups is 1. The molecule has 0 aliphatic heterocycles. The number of fused-ring (bicyclic) bond motifs is 1. The number of anilines is 1. The first-order valence-electron chi connectivity index (χ1n) is 6.46. The van der Waals surface area contributed by atoms with E-state index in [0.717, 1.165) is 0 Å². The molecular weight excluding hydrogens is 260 g/mol. The maximum absolute atomic E-state index is 11.8. The number of nitrogens with one attached hydrogen (secondary N) is 1. The quantitative estimate of drug-likeness (QED) is 0.887. The summed E-state index contributed by atoms with van der Waals surface area (Å²) >= 11 is 0. The standard InChI is InChI=1S/C14H18N2O4/c1-8(2)11(17)7-13(18)15-9-4-5-10-12(6-9)20-14(19)16(10)3/h4-6,8,11,17H,7H2,1-3H3,(H,15,18). The van der Waals surface area contributed by atoms with Gasteiger partial charge in [0, 0.05) is 18.8 Å². The smallest absolute Gasteiger partial charge is 0.408 e. The highest BCUT2D eigenvalue weighted by Gasteiger charge is 2.15. The van der Waals surface area contributed by atoms with Crippen molar-refractivity contribution < 1.29 is 14.3 Å². The topological polar surface area (TPSA) is 84.5 Å². The van der Waals surface area contributed by atoms with Gasteiger partial charge in [0.25, 0.3) is 0 Å². The largest absolute Gasteiger partial charge is 0.419 e. The zero-order valence-electron chi connectivity index (χ0n) is 11.7. The van der Waals surface area contributed by atoms with Crippen LogP contribution < -0.4 is 11.1 Å². The van der Waals surface area contributed by atoms with Gasteiger partial charge in [-0.2, -0.15) is 0 Å². The van der Waals surface area contributed by atoms with Gasteiger partial charge in [0.15, 0.2) is 5.58 Å². The molecule has 2 aromatic rings. The van der Waals surface area contributed by atoms with Crippen molar-refractivity contribution in [1.29, 1.82) is 0 Å². The molecule has 0 aliphatic carbocycles. The van der Waals surface area contributed by atoms with Crippen LogP contribution in [0.1, 0.15) is 20.3 Å². The van der Waals surface area contributed by atoms with Crippen LogP contribution in [0.4, 0.5) is 5.69 Å². The van der Waals surface area contributed by atoms with E-state index >= 15 is 0 Å². The minimum atomic E-state index is -0.673. The molecule has 0 bridgehead atoms. The van der Waals surface area contributed by atoms with E-state index < -0.39 is 11.9 Å². The Balaban J connectivity index is 2.14. The molecule has 1 heterocycles. The van der Waals surface area contributed by atoms with E-state index in [-0.39, 0.29) is 18.2 Å². The second kappa shape index (κ2) is 5.50. The van der Waals surface area contributed by atoms with Gasteiger partial charge in [0.2, 0.25) is 5.91 Å². The number of aryl methyl sites for hydroxylation is 1. The Morgan fingerprint density at radius 3 is 2.80 bits per heavy atom. The molecule has 0 spiro atoms. The molecule has 1 atom stereocenters. The summed E-state index contributed by atoms with van der Waals surface area (Å²) in [4.78, 5) is 23.1. The lowest BCUT2D eigenvalue weighted by Crippen LogP contribution is -2.23. The van der Waals surface area contributed by atoms with Crippen LogP contribution in [0.3, 0.4) is 0 Å². The second-order valence-corrected chi connectivity index (χ2v) is 5.17. The number of oxazole rings is 1. The molecule has 20 heavy (non-hydrogen) atoms. The molecule has 0 radical (unpaired) electrons. The van der Waals surface area contributed by atoms with Crippen molar-refractivity contribution in [2.45, 2.75) is 26.4 Å². The summed E-state index contributed by atoms with van der Waals surface area (Å²) in [7, 11) is 1.62. The number of aliphatic hydroxyl groups is 1. The first-order chi connectivity index (χ1) is 9.38. The van der Waals surface area contributed by atoms with Crippen LogP contribution in [0.5, 0.6) is 0 Å². The molecule has 0 fully saturated rings. The van der Waals surface area contributed by atoms with Crippen LogP contribution in [0, 0.1) is 5.92 Å². The SMILES string of the molecule is CC(C)C(O)CC(=O)Nc1ccc2c(c1)oc(=O)n2C. The number of hydrogen-bond acceptors (Lipinski definition) is 4. The third kappa shape index (κ3) is 2.91. The maximum atomic E-state index is 11.8. The van der Waals surface area contributed by atoms with Gasteiger partial charge in [-0.25, -0.2) is 4.79 Å². The molecule has 1 aromatic heterocycles. The zero-order chi connectivity index (χ0) is 14.9. The number of carbonyl (C=O) groups excluding carboxylic acids is 1. The van der Waals surface area contributed by atoms with Crippen molar-refractivity contribution in [3.05, 3.63) is 28.7 Å². The molecule has 0 aliphatic rings. The van der Waals surface area contributed by atoms with Gasteiger partial charge in [-0.1, -0.05) is 13.8 Å². The molecule has 0 saturated heterocycles. The predicted octanol–water partition coefficient (Wildman–Crippen LogP) is 1.48. The average Bonchev–Trinajstić information content (AvgIpc) is 2.64. The summed E-state index contributed by atoms with van der Waals surface area (Å²) in [6.45, 7) is 3.70. The summed E-state index contributed by atoms with van der Waals surface area (Å²) in [6, 6.07) is 4.99. The van der Waals surface area contributed by atoms with Gasteiger partial charge in [-0.15, -0.1) is 0 Å². The lowest BCUT2D eigenvalue weighted by molar-refractivity contribution is -0.118. The van der Waals surface area contributed by atoms with Gasteiger partial charge in [-0.05, 0) is 18.1 Å². The summed E-state index contributed by atoms with van der Waals surface area (Å²) < 4.78 is 6.44. The number of aromatic nitrogens is 1. The van der Waals surface area contributed by atoms with Gasteiger partial charge < -0.3 is 14.8 Å². The highest BCUT2D eigenvalue weighted by Crippen LogP contribution is 2.18. The van der Waals surface area contributed by atoms with Crippen LogP contribution in [0.15, 0.2) is 27.4 Å². The molecule has 2 rings (SSSR count). The summed E-state index contributed by atoms with van der Waals surface area (Å²) in [5.74, 6) is -0.696. The number of aliphatic hydroxyl groups excluding tert-OH is 1. The Hall–Kier alpha value is -2.08. The fourth-order valence-electron chi connectivity index (χ4n) is 1.85. The Kier molecular flexibility index (Phi) is 3.94. The third-order valence-electron chi connectivity index (χ3n) is 3.24. The fraction of sp³-hybridized carbons (Fsp3) is 0.429. The van der Waals surface area contributed by atoms with Crippen molar-refractivity contribution in [3.8, 4) is 0 Å². The Bertz CT molecular complexity index is 684. The van der Waals surface area contributed by atoms with Crippen molar-refractivity contribution in [1.82, 2.24) is 4.57 Å². The molecule has 6 heteroatoms. The Morgan fingerprint density at radius 1 is 1.45 bits per heavy atom. The van der Waals surface area contributed by atoms with Crippen LogP contribution >= 0.6 is 0 Å². The lowest BCUT2D eigenvalue weighted by atomic mass is 10.0. The van der Waals surface area contributed by atoms with Gasteiger partial charge in [0.1, 0.15) is 0 Å². The van der Waals surface area contributed by atoms with Gasteiger partial charge in [0.05, 0.1) is 18.0 Å². The molecule has 1 aromatic carbocycles. The van der Waals surface area contributed by atoms with Crippen molar-refractivity contribution >= 4 is 22.7 Å². The molecular formula is C14H18N2O4. The lowest BCUT2D eigenvalue weighted by Gasteiger charge is -2.13. The number of hydrogen-bond donors (Lipinski definition) is 2. The first-order valence-corrected chi connectivity index (χ1v) is 6.46. The van der Waals surface area contributed by atoms with Crippen molar-refractivity contribution in [2.24, 2.45) is 13.0 Å². The van der Waals surface area contributed by atoms with E-state index in [2.05, 4.69) is 5.32 Å². The Morgan fingerprint density at radius 2 is 2.15 bits per heavy atom. The monoisotopic (exact) mass is 278 g/mol. The van der Waals surface area contributed by atoms with E-state index in [1.807, 2.05) is 13.8 Å². The van der Waals surface area contributed by atoms with Gasteiger partial charge >= 0.3 is 5.76 Å². The van der Waals surface area contributed by atoms with Crippen LogP contribution in [-0.4, -0.2) is 21.7 Å². The van der Waals surface area contributed by atoms with Crippen LogP contribution in [0.25, 0.3) is 11.1 Å². The van der Waals surface area contributed by atoms with E-state index in [9.17, 15) is 14.7 Å². The summed E-state index contributed by atoms with van der Waals surface area (Å²) in [5.41, 5.74) is 1.61. The van der Waals surface area contributed by atoms with Crippen LogP contribution in [-0.2, 0) is 11.8 Å². The Labute approximate surface area is 116 Å². The number of nitrogens with zero attached hydrogens (tertiary/aromatic N) is 1. The van der Waals surface area contributed by atoms with Gasteiger partial charge in [-0.3, -0.25) is 9.36 Å². The van der Waals surface area contributed by atoms with E-state index in [4.69, 9.17) is 4.42 Å². The molecule has 108 valence electrons. The molecule has 6 nitrogen and oxygen atoms in total. The van der Waals surface area contributed by atoms with Crippen molar-refractivity contribution in [2.75, 3.05) is 5.32 Å². The average molecular weight is 278 g/mol. The number of amides is 1. The highest BCUT2D eigenvalue weighted by atomic mass is 16.4. The summed E-state index contributed by atoms with van der Waals surface area (Å²) in [6.07, 6.45) is -0.637. The molecule has 0 saturated carbocycles. The number of rotatable bonds is 4. The van der Waals surface area contributed by atoms with Crippen LogP contribution in [0.2, 0.25) is 0 Å². The maximum Gasteiger partial charge on any atom is 0.419 e.